The Morgan fingerprint density at radius 1 is 1.31 bits per heavy atom. The van der Waals surface area contributed by atoms with E-state index in [2.05, 4.69) is 9.97 Å². The molecule has 1 aromatic heterocycles. The molecule has 70 valence electrons. The van der Waals surface area contributed by atoms with Crippen LogP contribution in [0.3, 0.4) is 0 Å². The minimum Gasteiger partial charge on any atom is -0.335 e. The first kappa shape index (κ1) is 8.34. The highest BCUT2D eigenvalue weighted by Gasteiger charge is 2.39. The molecule has 0 N–H and O–H groups in total. The molecule has 1 aromatic rings. The molecule has 2 heterocycles. The Hall–Kier alpha value is -1.26. The first-order valence-corrected chi connectivity index (χ1v) is 4.07. The van der Waals surface area contributed by atoms with Crippen molar-refractivity contribution in [2.45, 2.75) is 12.3 Å². The average molecular weight is 185 g/mol. The van der Waals surface area contributed by atoms with Crippen LogP contribution in [0, 0.1) is 0 Å². The maximum Gasteiger partial charge on any atom is 0.267 e. The second-order valence-electron chi connectivity index (χ2n) is 3.08. The van der Waals surface area contributed by atoms with Crippen molar-refractivity contribution in [1.29, 1.82) is 0 Å². The lowest BCUT2D eigenvalue weighted by Crippen LogP contribution is -2.26. The molecule has 0 atom stereocenters. The predicted octanol–water partition coefficient (Wildman–Crippen LogP) is 1.32. The summed E-state index contributed by atoms with van der Waals surface area (Å²) in [5.74, 6) is -2.20. The summed E-state index contributed by atoms with van der Waals surface area (Å²) in [6.07, 6.45) is 3.00. The molecule has 0 saturated carbocycles. The molecule has 1 aliphatic heterocycles. The number of anilines is 1. The van der Waals surface area contributed by atoms with Gasteiger partial charge in [-0.1, -0.05) is 0 Å². The molecule has 0 aliphatic carbocycles. The number of nitrogens with zero attached hydrogens (tertiary/aromatic N) is 3. The molecule has 0 radical (unpaired) electrons. The Bertz CT molecular complexity index is 289. The second kappa shape index (κ2) is 2.90. The van der Waals surface area contributed by atoms with Crippen LogP contribution >= 0.6 is 0 Å². The van der Waals surface area contributed by atoms with Gasteiger partial charge < -0.3 is 4.90 Å². The van der Waals surface area contributed by atoms with Crippen LogP contribution in [0.1, 0.15) is 6.42 Å². The van der Waals surface area contributed by atoms with Crippen LogP contribution in [-0.2, 0) is 0 Å². The van der Waals surface area contributed by atoms with E-state index in [0.717, 1.165) is 0 Å². The fourth-order valence-corrected chi connectivity index (χ4v) is 1.36. The van der Waals surface area contributed by atoms with Gasteiger partial charge in [0.25, 0.3) is 5.92 Å². The minimum absolute atomic E-state index is 0.106. The first-order valence-electron chi connectivity index (χ1n) is 4.07. The first-order chi connectivity index (χ1) is 6.17. The molecular weight excluding hydrogens is 176 g/mol. The summed E-state index contributed by atoms with van der Waals surface area (Å²) in [6, 6.07) is 1.66. The van der Waals surface area contributed by atoms with Crippen molar-refractivity contribution in [3.8, 4) is 0 Å². The second-order valence-corrected chi connectivity index (χ2v) is 3.08. The van der Waals surface area contributed by atoms with Crippen LogP contribution in [0.25, 0.3) is 0 Å². The van der Waals surface area contributed by atoms with Crippen molar-refractivity contribution in [1.82, 2.24) is 9.97 Å². The Morgan fingerprint density at radius 2 is 2.00 bits per heavy atom. The molecule has 0 unspecified atom stereocenters. The van der Waals surface area contributed by atoms with Gasteiger partial charge in [0.15, 0.2) is 0 Å². The zero-order valence-corrected chi connectivity index (χ0v) is 6.95. The Labute approximate surface area is 74.4 Å². The van der Waals surface area contributed by atoms with E-state index >= 15 is 0 Å². The third kappa shape index (κ3) is 1.74. The third-order valence-electron chi connectivity index (χ3n) is 2.00. The number of rotatable bonds is 1. The zero-order valence-electron chi connectivity index (χ0n) is 6.95. The monoisotopic (exact) mass is 185 g/mol. The van der Waals surface area contributed by atoms with Gasteiger partial charge in [0.05, 0.1) is 6.54 Å². The van der Waals surface area contributed by atoms with Crippen LogP contribution in [0.15, 0.2) is 18.5 Å². The van der Waals surface area contributed by atoms with E-state index in [4.69, 9.17) is 0 Å². The fourth-order valence-electron chi connectivity index (χ4n) is 1.36. The summed E-state index contributed by atoms with van der Waals surface area (Å²) in [4.78, 5) is 9.32. The number of hydrogen-bond acceptors (Lipinski definition) is 3. The van der Waals surface area contributed by atoms with Gasteiger partial charge in [0.2, 0.25) is 5.95 Å². The molecular formula is C8H9F2N3. The summed E-state index contributed by atoms with van der Waals surface area (Å²) in [5.41, 5.74) is 0. The van der Waals surface area contributed by atoms with Crippen molar-refractivity contribution >= 4 is 5.95 Å². The Morgan fingerprint density at radius 3 is 2.54 bits per heavy atom. The summed E-state index contributed by atoms with van der Waals surface area (Å²) in [7, 11) is 0. The highest BCUT2D eigenvalue weighted by Crippen LogP contribution is 2.28. The number of aromatic nitrogens is 2. The zero-order chi connectivity index (χ0) is 9.31. The molecule has 1 fully saturated rings. The number of halogens is 2. The summed E-state index contributed by atoms with van der Waals surface area (Å²) < 4.78 is 25.6. The van der Waals surface area contributed by atoms with E-state index in [1.807, 2.05) is 0 Å². The van der Waals surface area contributed by atoms with Crippen LogP contribution < -0.4 is 4.90 Å². The van der Waals surface area contributed by atoms with Crippen molar-refractivity contribution in [2.24, 2.45) is 0 Å². The van der Waals surface area contributed by atoms with E-state index in [1.54, 1.807) is 18.5 Å². The smallest absolute Gasteiger partial charge is 0.267 e. The van der Waals surface area contributed by atoms with Crippen molar-refractivity contribution in [3.05, 3.63) is 18.5 Å². The van der Waals surface area contributed by atoms with Crippen LogP contribution in [0.2, 0.25) is 0 Å². The molecule has 0 bridgehead atoms. The standard InChI is InChI=1S/C8H9F2N3/c9-8(10)2-5-13(6-8)7-11-3-1-4-12-7/h1,3-4H,2,5-6H2. The lowest BCUT2D eigenvalue weighted by molar-refractivity contribution is 0.0256. The quantitative estimate of drug-likeness (QED) is 0.660. The summed E-state index contributed by atoms with van der Waals surface area (Å²) >= 11 is 0. The third-order valence-corrected chi connectivity index (χ3v) is 2.00. The molecule has 5 heteroatoms. The Kier molecular flexibility index (Phi) is 1.86. The van der Waals surface area contributed by atoms with Crippen molar-refractivity contribution in [2.75, 3.05) is 18.0 Å². The van der Waals surface area contributed by atoms with E-state index in [1.165, 1.54) is 4.90 Å². The van der Waals surface area contributed by atoms with Gasteiger partial charge in [-0.3, -0.25) is 0 Å². The minimum atomic E-state index is -2.58. The van der Waals surface area contributed by atoms with Gasteiger partial charge in [-0.2, -0.15) is 0 Å². The lowest BCUT2D eigenvalue weighted by atomic mass is 10.3. The van der Waals surface area contributed by atoms with E-state index < -0.39 is 5.92 Å². The van der Waals surface area contributed by atoms with E-state index in [9.17, 15) is 8.78 Å². The predicted molar refractivity (Wildman–Crippen MR) is 43.8 cm³/mol. The molecule has 0 spiro atoms. The van der Waals surface area contributed by atoms with Crippen molar-refractivity contribution < 1.29 is 8.78 Å². The topological polar surface area (TPSA) is 29.0 Å². The van der Waals surface area contributed by atoms with Crippen LogP contribution in [0.4, 0.5) is 14.7 Å². The van der Waals surface area contributed by atoms with Gasteiger partial charge in [-0.05, 0) is 6.07 Å². The normalized spacial score (nSPS) is 20.6. The van der Waals surface area contributed by atoms with E-state index in [-0.39, 0.29) is 13.0 Å². The van der Waals surface area contributed by atoms with Crippen LogP contribution in [0.5, 0.6) is 0 Å². The van der Waals surface area contributed by atoms with Gasteiger partial charge in [0, 0.05) is 25.4 Å². The molecule has 2 rings (SSSR count). The highest BCUT2D eigenvalue weighted by molar-refractivity contribution is 5.31. The Balaban J connectivity index is 2.13. The number of hydrogen-bond donors (Lipinski definition) is 0. The number of alkyl halides is 2. The molecule has 1 aliphatic rings. The van der Waals surface area contributed by atoms with Gasteiger partial charge >= 0.3 is 0 Å². The summed E-state index contributed by atoms with van der Waals surface area (Å²) in [5, 5.41) is 0. The molecule has 3 nitrogen and oxygen atoms in total. The molecule has 0 amide bonds. The molecule has 13 heavy (non-hydrogen) atoms. The summed E-state index contributed by atoms with van der Waals surface area (Å²) in [6.45, 7) is 0.0635. The van der Waals surface area contributed by atoms with Gasteiger partial charge in [0.1, 0.15) is 0 Å². The molecule has 1 saturated heterocycles. The van der Waals surface area contributed by atoms with Crippen molar-refractivity contribution in [3.63, 3.8) is 0 Å². The van der Waals surface area contributed by atoms with Gasteiger partial charge in [-0.25, -0.2) is 18.7 Å². The maximum absolute atomic E-state index is 12.8. The fraction of sp³-hybridized carbons (Fsp3) is 0.500. The van der Waals surface area contributed by atoms with Crippen LogP contribution in [-0.4, -0.2) is 29.0 Å². The van der Waals surface area contributed by atoms with Gasteiger partial charge in [-0.15, -0.1) is 0 Å². The molecule has 0 aromatic carbocycles. The highest BCUT2D eigenvalue weighted by atomic mass is 19.3. The largest absolute Gasteiger partial charge is 0.335 e. The SMILES string of the molecule is FC1(F)CCN(c2ncccn2)C1. The maximum atomic E-state index is 12.8. The van der Waals surface area contributed by atoms with E-state index in [0.29, 0.717) is 12.5 Å². The lowest BCUT2D eigenvalue weighted by Gasteiger charge is -2.14. The average Bonchev–Trinajstić information content (AvgIpc) is 2.48.